The third kappa shape index (κ3) is 5.63. The maximum absolute atomic E-state index is 14.1. The summed E-state index contributed by atoms with van der Waals surface area (Å²) in [6.45, 7) is 0. The van der Waals surface area contributed by atoms with E-state index >= 15 is 0 Å². The van der Waals surface area contributed by atoms with Crippen molar-refractivity contribution in [3.05, 3.63) is 81.7 Å². The number of ether oxygens (including phenoxy) is 4. The second kappa shape index (κ2) is 12.5. The van der Waals surface area contributed by atoms with Crippen LogP contribution in [0.5, 0.6) is 23.0 Å². The molecule has 0 aliphatic heterocycles. The molecule has 0 saturated carbocycles. The Bertz CT molecular complexity index is 2280. The normalized spacial score (nSPS) is 12.1. The Morgan fingerprint density at radius 1 is 0.521 bits per heavy atom. The SMILES string of the molecule is COc1cc(OC)c2c(-c3ccc(Br)cc3)c(-c3c(-c4ccc(Br)cc4)c4c(OC)cc(OC)cc4n3S(C)(=O)=O)n(S(C)(=O)=O)c2c1. The van der Waals surface area contributed by atoms with Crippen molar-refractivity contribution in [1.29, 1.82) is 0 Å². The fourth-order valence-electron chi connectivity index (χ4n) is 6.13. The fourth-order valence-corrected chi connectivity index (χ4v) is 8.68. The van der Waals surface area contributed by atoms with Gasteiger partial charge in [0.05, 0.1) is 74.1 Å². The number of aromatic nitrogens is 2. The number of halogens is 2. The summed E-state index contributed by atoms with van der Waals surface area (Å²) in [6.07, 6.45) is 2.15. The van der Waals surface area contributed by atoms with Crippen LogP contribution in [-0.4, -0.2) is 65.7 Å². The highest BCUT2D eigenvalue weighted by molar-refractivity contribution is 9.10. The molecule has 0 fully saturated rings. The lowest BCUT2D eigenvalue weighted by Gasteiger charge is -2.16. The van der Waals surface area contributed by atoms with Crippen LogP contribution in [0.1, 0.15) is 0 Å². The second-order valence-corrected chi connectivity index (χ2v) is 16.5. The molecule has 14 heteroatoms. The van der Waals surface area contributed by atoms with Crippen LogP contribution >= 0.6 is 31.9 Å². The number of hydrogen-bond donors (Lipinski definition) is 0. The highest BCUT2D eigenvalue weighted by Crippen LogP contribution is 2.53. The average Bonchev–Trinajstić information content (AvgIpc) is 3.58. The summed E-state index contributed by atoms with van der Waals surface area (Å²) < 4.78 is 83.1. The molecule has 4 aromatic carbocycles. The average molecular weight is 819 g/mol. The fraction of sp³-hybridized carbons (Fsp3) is 0.176. The van der Waals surface area contributed by atoms with E-state index in [-0.39, 0.29) is 22.4 Å². The number of hydrogen-bond acceptors (Lipinski definition) is 8. The molecule has 0 atom stereocenters. The first-order valence-electron chi connectivity index (χ1n) is 14.3. The van der Waals surface area contributed by atoms with Gasteiger partial charge in [-0.15, -0.1) is 0 Å². The molecule has 0 radical (unpaired) electrons. The number of nitrogens with zero attached hydrogens (tertiary/aromatic N) is 2. The van der Waals surface area contributed by atoms with Crippen molar-refractivity contribution < 1.29 is 35.8 Å². The Balaban J connectivity index is 2.03. The van der Waals surface area contributed by atoms with E-state index in [2.05, 4.69) is 31.9 Å². The molecule has 10 nitrogen and oxygen atoms in total. The molecule has 0 aliphatic rings. The Labute approximate surface area is 295 Å². The molecule has 48 heavy (non-hydrogen) atoms. The maximum Gasteiger partial charge on any atom is 0.236 e. The molecule has 0 bridgehead atoms. The molecule has 250 valence electrons. The zero-order chi connectivity index (χ0) is 34.7. The Morgan fingerprint density at radius 2 is 0.854 bits per heavy atom. The highest BCUT2D eigenvalue weighted by Gasteiger charge is 2.36. The quantitative estimate of drug-likeness (QED) is 0.146. The van der Waals surface area contributed by atoms with Crippen LogP contribution in [0.2, 0.25) is 0 Å². The van der Waals surface area contributed by atoms with Crippen LogP contribution in [0, 0.1) is 0 Å². The first-order chi connectivity index (χ1) is 22.7. The Hall–Kier alpha value is -3.98. The van der Waals surface area contributed by atoms with E-state index < -0.39 is 20.0 Å². The van der Waals surface area contributed by atoms with Crippen LogP contribution in [0.25, 0.3) is 55.4 Å². The summed E-state index contributed by atoms with van der Waals surface area (Å²) in [5.41, 5.74) is 2.75. The molecule has 0 saturated heterocycles. The van der Waals surface area contributed by atoms with Gasteiger partial charge in [-0.1, -0.05) is 56.1 Å². The van der Waals surface area contributed by atoms with Gasteiger partial charge in [0.1, 0.15) is 23.0 Å². The molecule has 0 N–H and O–H groups in total. The van der Waals surface area contributed by atoms with Crippen molar-refractivity contribution >= 4 is 73.7 Å². The molecule has 0 unspecified atom stereocenters. The summed E-state index contributed by atoms with van der Waals surface area (Å²) in [4.78, 5) is 0. The predicted molar refractivity (Wildman–Crippen MR) is 196 cm³/mol. The van der Waals surface area contributed by atoms with E-state index in [0.717, 1.165) is 29.4 Å². The minimum absolute atomic E-state index is 0.0990. The van der Waals surface area contributed by atoms with E-state index in [9.17, 15) is 16.8 Å². The third-order valence-electron chi connectivity index (χ3n) is 7.99. The summed E-state index contributed by atoms with van der Waals surface area (Å²) >= 11 is 7.00. The molecule has 2 heterocycles. The Morgan fingerprint density at radius 3 is 1.12 bits per heavy atom. The predicted octanol–water partition coefficient (Wildman–Crippen LogP) is 7.77. The molecular weight excluding hydrogens is 788 g/mol. The number of methoxy groups -OCH3 is 4. The van der Waals surface area contributed by atoms with Gasteiger partial charge in [-0.25, -0.2) is 24.8 Å². The summed E-state index contributed by atoms with van der Waals surface area (Å²) in [5.74, 6) is 1.35. The van der Waals surface area contributed by atoms with Crippen LogP contribution in [-0.2, 0) is 20.0 Å². The zero-order valence-electron chi connectivity index (χ0n) is 26.7. The summed E-state index contributed by atoms with van der Waals surface area (Å²) in [7, 11) is -2.42. The number of benzene rings is 4. The molecule has 0 aliphatic carbocycles. The maximum atomic E-state index is 14.1. The van der Waals surface area contributed by atoms with Crippen LogP contribution in [0.4, 0.5) is 0 Å². The van der Waals surface area contributed by atoms with Gasteiger partial charge in [0.2, 0.25) is 20.0 Å². The van der Waals surface area contributed by atoms with Gasteiger partial charge in [-0.2, -0.15) is 0 Å². The largest absolute Gasteiger partial charge is 0.497 e. The number of rotatable bonds is 9. The molecular formula is C34H30Br2N2O8S2. The minimum atomic E-state index is -4.16. The first-order valence-corrected chi connectivity index (χ1v) is 19.6. The molecule has 6 aromatic rings. The molecule has 0 spiro atoms. The zero-order valence-corrected chi connectivity index (χ0v) is 31.5. The van der Waals surface area contributed by atoms with Gasteiger partial charge in [0.25, 0.3) is 0 Å². The van der Waals surface area contributed by atoms with Gasteiger partial charge in [-0.3, -0.25) is 0 Å². The lowest BCUT2D eigenvalue weighted by molar-refractivity contribution is 0.397. The minimum Gasteiger partial charge on any atom is -0.497 e. The van der Waals surface area contributed by atoms with Crippen molar-refractivity contribution in [2.24, 2.45) is 0 Å². The standard InChI is InChI=1S/C34H30Br2N2O8S2/c1-43-23-15-25-31(27(17-23)45-3)29(19-7-11-21(35)12-8-19)33(37(25)47(5,39)40)34-30(20-9-13-22(36)14-10-20)32-26(38(34)48(6,41)42)16-24(44-2)18-28(32)46-4/h7-18H,1-6H3. The van der Waals surface area contributed by atoms with Gasteiger partial charge in [0, 0.05) is 44.3 Å². The van der Waals surface area contributed by atoms with Gasteiger partial charge in [0.15, 0.2) is 0 Å². The lowest BCUT2D eigenvalue weighted by atomic mass is 9.95. The van der Waals surface area contributed by atoms with E-state index in [1.165, 1.54) is 28.4 Å². The highest BCUT2D eigenvalue weighted by atomic mass is 79.9. The van der Waals surface area contributed by atoms with Crippen molar-refractivity contribution in [3.63, 3.8) is 0 Å². The lowest BCUT2D eigenvalue weighted by Crippen LogP contribution is -2.16. The van der Waals surface area contributed by atoms with Gasteiger partial charge < -0.3 is 18.9 Å². The van der Waals surface area contributed by atoms with Crippen molar-refractivity contribution in [3.8, 4) is 56.6 Å². The van der Waals surface area contributed by atoms with Crippen molar-refractivity contribution in [2.45, 2.75) is 0 Å². The van der Waals surface area contributed by atoms with Crippen molar-refractivity contribution in [1.82, 2.24) is 7.94 Å². The smallest absolute Gasteiger partial charge is 0.236 e. The summed E-state index contributed by atoms with van der Waals surface area (Å²) in [5, 5.41) is 0.885. The first kappa shape index (κ1) is 33.9. The third-order valence-corrected chi connectivity index (χ3v) is 11.1. The molecule has 2 aromatic heterocycles. The van der Waals surface area contributed by atoms with Crippen LogP contribution in [0.3, 0.4) is 0 Å². The van der Waals surface area contributed by atoms with Crippen LogP contribution < -0.4 is 18.9 Å². The molecule has 0 amide bonds. The topological polar surface area (TPSA) is 115 Å². The Kier molecular flexibility index (Phi) is 8.81. The summed E-state index contributed by atoms with van der Waals surface area (Å²) in [6, 6.07) is 21.1. The van der Waals surface area contributed by atoms with E-state index in [4.69, 9.17) is 18.9 Å². The van der Waals surface area contributed by atoms with E-state index in [0.29, 0.717) is 56.0 Å². The monoisotopic (exact) mass is 816 g/mol. The number of fused-ring (bicyclic) bond motifs is 2. The second-order valence-electron chi connectivity index (χ2n) is 11.0. The van der Waals surface area contributed by atoms with Crippen LogP contribution in [0.15, 0.2) is 81.7 Å². The van der Waals surface area contributed by atoms with E-state index in [1.54, 1.807) is 24.3 Å². The molecule has 6 rings (SSSR count). The van der Waals surface area contributed by atoms with Gasteiger partial charge >= 0.3 is 0 Å². The van der Waals surface area contributed by atoms with E-state index in [1.807, 2.05) is 48.5 Å². The van der Waals surface area contributed by atoms with Crippen molar-refractivity contribution in [2.75, 3.05) is 41.0 Å². The van der Waals surface area contributed by atoms with Gasteiger partial charge in [-0.05, 0) is 35.4 Å².